The van der Waals surface area contributed by atoms with Crippen molar-refractivity contribution in [2.75, 3.05) is 18.0 Å². The SMILES string of the molecule is CCNCc1cccc(N(CC)Cc2ccccn2)n1. The summed E-state index contributed by atoms with van der Waals surface area (Å²) < 4.78 is 0. The fourth-order valence-corrected chi connectivity index (χ4v) is 2.04. The van der Waals surface area contributed by atoms with Gasteiger partial charge in [-0.2, -0.15) is 0 Å². The van der Waals surface area contributed by atoms with Gasteiger partial charge >= 0.3 is 0 Å². The second kappa shape index (κ2) is 7.60. The first kappa shape index (κ1) is 14.5. The van der Waals surface area contributed by atoms with Crippen molar-refractivity contribution in [1.29, 1.82) is 0 Å². The first-order chi connectivity index (χ1) is 9.83. The molecule has 0 fully saturated rings. The Labute approximate surface area is 120 Å². The van der Waals surface area contributed by atoms with Gasteiger partial charge in [0.05, 0.1) is 17.9 Å². The maximum Gasteiger partial charge on any atom is 0.129 e. The molecule has 4 nitrogen and oxygen atoms in total. The molecule has 0 aliphatic heterocycles. The van der Waals surface area contributed by atoms with E-state index in [9.17, 15) is 0 Å². The first-order valence-corrected chi connectivity index (χ1v) is 7.15. The van der Waals surface area contributed by atoms with Gasteiger partial charge < -0.3 is 10.2 Å². The largest absolute Gasteiger partial charge is 0.351 e. The van der Waals surface area contributed by atoms with Crippen LogP contribution in [-0.4, -0.2) is 23.1 Å². The summed E-state index contributed by atoms with van der Waals surface area (Å²) in [6, 6.07) is 12.2. The minimum Gasteiger partial charge on any atom is -0.351 e. The van der Waals surface area contributed by atoms with Crippen molar-refractivity contribution in [1.82, 2.24) is 15.3 Å². The minimum absolute atomic E-state index is 0.787. The van der Waals surface area contributed by atoms with E-state index in [1.807, 2.05) is 24.4 Å². The highest BCUT2D eigenvalue weighted by atomic mass is 15.2. The number of nitrogens with zero attached hydrogens (tertiary/aromatic N) is 3. The lowest BCUT2D eigenvalue weighted by Gasteiger charge is -2.22. The van der Waals surface area contributed by atoms with E-state index in [1.54, 1.807) is 0 Å². The Bertz CT molecular complexity index is 513. The molecule has 0 aromatic carbocycles. The minimum atomic E-state index is 0.787. The summed E-state index contributed by atoms with van der Waals surface area (Å²) in [6.45, 7) is 7.71. The van der Waals surface area contributed by atoms with Crippen molar-refractivity contribution in [2.45, 2.75) is 26.9 Å². The molecular weight excluding hydrogens is 248 g/mol. The average Bonchev–Trinajstić information content (AvgIpc) is 2.52. The van der Waals surface area contributed by atoms with E-state index in [0.29, 0.717) is 0 Å². The molecule has 2 aromatic heterocycles. The quantitative estimate of drug-likeness (QED) is 0.839. The fourth-order valence-electron chi connectivity index (χ4n) is 2.04. The van der Waals surface area contributed by atoms with Gasteiger partial charge in [0.2, 0.25) is 0 Å². The molecule has 0 unspecified atom stereocenters. The maximum atomic E-state index is 4.71. The van der Waals surface area contributed by atoms with Crippen LogP contribution < -0.4 is 10.2 Å². The molecular formula is C16H22N4. The lowest BCUT2D eigenvalue weighted by Crippen LogP contribution is -2.24. The van der Waals surface area contributed by atoms with Crippen LogP contribution in [0.4, 0.5) is 5.82 Å². The summed E-state index contributed by atoms with van der Waals surface area (Å²) in [5, 5.41) is 3.31. The molecule has 0 amide bonds. The summed E-state index contributed by atoms with van der Waals surface area (Å²) >= 11 is 0. The van der Waals surface area contributed by atoms with Crippen LogP contribution in [0.5, 0.6) is 0 Å². The molecule has 0 bridgehead atoms. The van der Waals surface area contributed by atoms with Crippen LogP contribution in [0.3, 0.4) is 0 Å². The summed E-state index contributed by atoms with van der Waals surface area (Å²) in [6.07, 6.45) is 1.83. The van der Waals surface area contributed by atoms with Crippen LogP contribution in [0.25, 0.3) is 0 Å². The Balaban J connectivity index is 2.10. The van der Waals surface area contributed by atoms with Crippen LogP contribution in [0.1, 0.15) is 25.2 Å². The number of hydrogen-bond donors (Lipinski definition) is 1. The van der Waals surface area contributed by atoms with Gasteiger partial charge in [0.15, 0.2) is 0 Å². The maximum absolute atomic E-state index is 4.71. The van der Waals surface area contributed by atoms with Crippen molar-refractivity contribution in [3.05, 3.63) is 54.0 Å². The third-order valence-electron chi connectivity index (χ3n) is 3.13. The van der Waals surface area contributed by atoms with Gasteiger partial charge in [-0.25, -0.2) is 4.98 Å². The molecule has 1 N–H and O–H groups in total. The van der Waals surface area contributed by atoms with Gasteiger partial charge in [-0.3, -0.25) is 4.98 Å². The van der Waals surface area contributed by atoms with Gasteiger partial charge in [0, 0.05) is 19.3 Å². The van der Waals surface area contributed by atoms with Crippen molar-refractivity contribution in [3.8, 4) is 0 Å². The van der Waals surface area contributed by atoms with Crippen molar-refractivity contribution in [3.63, 3.8) is 0 Å². The first-order valence-electron chi connectivity index (χ1n) is 7.15. The monoisotopic (exact) mass is 270 g/mol. The van der Waals surface area contributed by atoms with E-state index in [0.717, 1.165) is 43.4 Å². The van der Waals surface area contributed by atoms with E-state index in [2.05, 4.69) is 47.2 Å². The molecule has 2 heterocycles. The van der Waals surface area contributed by atoms with Crippen molar-refractivity contribution in [2.24, 2.45) is 0 Å². The van der Waals surface area contributed by atoms with Crippen LogP contribution >= 0.6 is 0 Å². The third kappa shape index (κ3) is 4.03. The van der Waals surface area contributed by atoms with Crippen LogP contribution in [0.2, 0.25) is 0 Å². The van der Waals surface area contributed by atoms with Crippen LogP contribution in [-0.2, 0) is 13.1 Å². The molecule has 0 saturated heterocycles. The molecule has 0 radical (unpaired) electrons. The number of pyridine rings is 2. The Morgan fingerprint density at radius 2 is 1.90 bits per heavy atom. The second-order valence-corrected chi connectivity index (χ2v) is 4.60. The van der Waals surface area contributed by atoms with Crippen LogP contribution in [0.15, 0.2) is 42.6 Å². The van der Waals surface area contributed by atoms with Crippen molar-refractivity contribution < 1.29 is 0 Å². The normalized spacial score (nSPS) is 10.5. The van der Waals surface area contributed by atoms with Crippen LogP contribution in [0, 0.1) is 0 Å². The molecule has 0 saturated carbocycles. The molecule has 20 heavy (non-hydrogen) atoms. The summed E-state index contributed by atoms with van der Waals surface area (Å²) in [7, 11) is 0. The van der Waals surface area contributed by atoms with Gasteiger partial charge in [0.1, 0.15) is 5.82 Å². The van der Waals surface area contributed by atoms with E-state index in [1.165, 1.54) is 0 Å². The number of anilines is 1. The summed E-state index contributed by atoms with van der Waals surface area (Å²) in [5.41, 5.74) is 2.14. The molecule has 106 valence electrons. The van der Waals surface area contributed by atoms with Crippen molar-refractivity contribution >= 4 is 5.82 Å². The second-order valence-electron chi connectivity index (χ2n) is 4.60. The Morgan fingerprint density at radius 1 is 1.05 bits per heavy atom. The van der Waals surface area contributed by atoms with E-state index < -0.39 is 0 Å². The molecule has 0 aliphatic carbocycles. The average molecular weight is 270 g/mol. The Morgan fingerprint density at radius 3 is 2.60 bits per heavy atom. The molecule has 0 aliphatic rings. The fraction of sp³-hybridized carbons (Fsp3) is 0.375. The topological polar surface area (TPSA) is 41.0 Å². The molecule has 4 heteroatoms. The zero-order valence-corrected chi connectivity index (χ0v) is 12.2. The lowest BCUT2D eigenvalue weighted by molar-refractivity contribution is 0.705. The Hall–Kier alpha value is -1.94. The highest BCUT2D eigenvalue weighted by Gasteiger charge is 2.08. The van der Waals surface area contributed by atoms with E-state index in [4.69, 9.17) is 4.98 Å². The van der Waals surface area contributed by atoms with E-state index in [-0.39, 0.29) is 0 Å². The summed E-state index contributed by atoms with van der Waals surface area (Å²) in [4.78, 5) is 11.3. The predicted octanol–water partition coefficient (Wildman–Crippen LogP) is 2.61. The highest BCUT2D eigenvalue weighted by Crippen LogP contribution is 2.14. The number of nitrogens with one attached hydrogen (secondary N) is 1. The number of rotatable bonds is 7. The number of aromatic nitrogens is 2. The molecule has 0 atom stereocenters. The van der Waals surface area contributed by atoms with Gasteiger partial charge in [0.25, 0.3) is 0 Å². The Kier molecular flexibility index (Phi) is 5.50. The zero-order chi connectivity index (χ0) is 14.2. The molecule has 2 rings (SSSR count). The molecule has 2 aromatic rings. The third-order valence-corrected chi connectivity index (χ3v) is 3.13. The zero-order valence-electron chi connectivity index (χ0n) is 12.2. The lowest BCUT2D eigenvalue weighted by atomic mass is 10.3. The number of hydrogen-bond acceptors (Lipinski definition) is 4. The van der Waals surface area contributed by atoms with Gasteiger partial charge in [-0.15, -0.1) is 0 Å². The predicted molar refractivity (Wildman–Crippen MR) is 82.6 cm³/mol. The summed E-state index contributed by atoms with van der Waals surface area (Å²) in [5.74, 6) is 1.01. The van der Waals surface area contributed by atoms with Gasteiger partial charge in [-0.1, -0.05) is 19.1 Å². The van der Waals surface area contributed by atoms with Gasteiger partial charge in [-0.05, 0) is 37.7 Å². The van der Waals surface area contributed by atoms with E-state index >= 15 is 0 Å². The highest BCUT2D eigenvalue weighted by molar-refractivity contribution is 5.39. The standard InChI is InChI=1S/C16H22N4/c1-3-17-12-14-9-7-10-16(19-14)20(4-2)13-15-8-5-6-11-18-15/h5-11,17H,3-4,12-13H2,1-2H3. The molecule has 0 spiro atoms. The smallest absolute Gasteiger partial charge is 0.129 e.